The van der Waals surface area contributed by atoms with Crippen molar-refractivity contribution in [3.8, 4) is 0 Å². The molecule has 9 heavy (non-hydrogen) atoms. The Kier molecular flexibility index (Phi) is 9.22. The van der Waals surface area contributed by atoms with E-state index < -0.39 is 14.7 Å². The van der Waals surface area contributed by atoms with Crippen LogP contribution < -0.4 is 0 Å². The molecule has 0 nitrogen and oxygen atoms in total. The predicted octanol–water partition coefficient (Wildman–Crippen LogP) is 3.94. The van der Waals surface area contributed by atoms with Crippen molar-refractivity contribution in [3.63, 3.8) is 0 Å². The van der Waals surface area contributed by atoms with Crippen LogP contribution in [0.3, 0.4) is 0 Å². The summed E-state index contributed by atoms with van der Waals surface area (Å²) in [5.41, 5.74) is 0. The van der Waals surface area contributed by atoms with E-state index in [1.54, 1.807) is 0 Å². The third kappa shape index (κ3) is 12.8. The largest absolute Gasteiger partial charge is 0.214 e. The van der Waals surface area contributed by atoms with Gasteiger partial charge >= 0.3 is 51.4 Å². The molecule has 0 heterocycles. The van der Waals surface area contributed by atoms with Crippen LogP contribution in [-0.4, -0.2) is 0 Å². The van der Waals surface area contributed by atoms with E-state index >= 15 is 0 Å². The second-order valence-corrected chi connectivity index (χ2v) is 35.2. The van der Waals surface area contributed by atoms with E-state index in [4.69, 9.17) is 0 Å². The molecule has 0 N–H and O–H groups in total. The zero-order chi connectivity index (χ0) is 7.11. The first-order chi connectivity index (χ1) is 4.23. The van der Waals surface area contributed by atoms with E-state index in [0.717, 1.165) is 0 Å². The molecule has 0 saturated heterocycles. The summed E-state index contributed by atoms with van der Waals surface area (Å²) < 4.78 is 0. The van der Waals surface area contributed by atoms with Crippen LogP contribution in [0.2, 0.25) is 0 Å². The van der Waals surface area contributed by atoms with Crippen molar-refractivity contribution >= 4 is 36.7 Å². The molecule has 0 atom stereocenters. The van der Waals surface area contributed by atoms with Gasteiger partial charge in [-0.1, -0.05) is 0 Å². The monoisotopic (exact) mass is 392 g/mol. The smallest absolute Gasteiger partial charge is 0.172 e. The van der Waals surface area contributed by atoms with Gasteiger partial charge in [-0.25, -0.2) is 12.1 Å². The van der Waals surface area contributed by atoms with E-state index in [0.29, 0.717) is 0 Å². The molecule has 0 unspecified atom stereocenters. The second-order valence-electron chi connectivity index (χ2n) is 1.18. The molecule has 0 bridgehead atoms. The molecule has 0 radical (unpaired) electrons. The van der Waals surface area contributed by atoms with Gasteiger partial charge in [0.2, 0.25) is 0 Å². The summed E-state index contributed by atoms with van der Waals surface area (Å²) in [6.45, 7) is 0. The Morgan fingerprint density at radius 3 is 1.44 bits per heavy atom. The summed E-state index contributed by atoms with van der Waals surface area (Å²) in [5.74, 6) is 0. The fourth-order valence-corrected chi connectivity index (χ4v) is 0.321. The van der Waals surface area contributed by atoms with E-state index in [1.165, 1.54) is 0 Å². The Morgan fingerprint density at radius 1 is 1.00 bits per heavy atom. The summed E-state index contributed by atoms with van der Waals surface area (Å²) in [6.07, 6.45) is 0. The standard InChI is InChI=1S/C5H5.3BrH.Zr/c1-2-4-5-3-1;;;;/h1-5H;3*1H;/q-1;;;;+3/p-3. The molecule has 0 amide bonds. The maximum absolute atomic E-state index is 3.30. The van der Waals surface area contributed by atoms with Crippen LogP contribution >= 0.6 is 36.7 Å². The summed E-state index contributed by atoms with van der Waals surface area (Å²) in [7, 11) is 0. The van der Waals surface area contributed by atoms with E-state index in [1.807, 2.05) is 30.3 Å². The van der Waals surface area contributed by atoms with Crippen molar-refractivity contribution in [3.05, 3.63) is 30.3 Å². The Morgan fingerprint density at radius 2 is 1.33 bits per heavy atom. The van der Waals surface area contributed by atoms with Crippen LogP contribution in [0.4, 0.5) is 0 Å². The van der Waals surface area contributed by atoms with Gasteiger partial charge in [0.05, 0.1) is 0 Å². The normalized spacial score (nSPS) is 7.44. The van der Waals surface area contributed by atoms with Crippen LogP contribution in [-0.2, 0) is 14.7 Å². The van der Waals surface area contributed by atoms with Gasteiger partial charge < -0.3 is 0 Å². The molecule has 1 aromatic rings. The molecule has 1 aromatic carbocycles. The molecule has 51 valence electrons. The second kappa shape index (κ2) is 7.78. The quantitative estimate of drug-likeness (QED) is 0.583. The molecular weight excluding hydrogens is 391 g/mol. The van der Waals surface area contributed by atoms with Gasteiger partial charge in [0.15, 0.2) is 0 Å². The fourth-order valence-electron chi connectivity index (χ4n) is 0.321. The van der Waals surface area contributed by atoms with Crippen LogP contribution in [0.1, 0.15) is 0 Å². The Bertz CT molecular complexity index is 95.8. The summed E-state index contributed by atoms with van der Waals surface area (Å²) in [5, 5.41) is 0. The fraction of sp³-hybridized carbons (Fsp3) is 0. The first-order valence-electron chi connectivity index (χ1n) is 2.23. The SMILES string of the molecule is [Br][Zr]([Br])[Br].c1cc[cH-]c1. The Hall–Kier alpha value is 1.67. The predicted molar refractivity (Wildman–Crippen MR) is 48.8 cm³/mol. The van der Waals surface area contributed by atoms with Crippen molar-refractivity contribution in [2.75, 3.05) is 0 Å². The van der Waals surface area contributed by atoms with Crippen molar-refractivity contribution in [2.24, 2.45) is 0 Å². The van der Waals surface area contributed by atoms with Crippen LogP contribution in [0, 0.1) is 0 Å². The number of hydrogen-bond acceptors (Lipinski definition) is 0. The average molecular weight is 396 g/mol. The Balaban J connectivity index is 0.000000148. The van der Waals surface area contributed by atoms with Gasteiger partial charge in [0.25, 0.3) is 0 Å². The number of rotatable bonds is 0. The maximum Gasteiger partial charge on any atom is -0.172 e. The molecule has 0 spiro atoms. The molecule has 0 saturated carbocycles. The van der Waals surface area contributed by atoms with Crippen LogP contribution in [0.5, 0.6) is 0 Å². The Labute approximate surface area is 80.4 Å². The summed E-state index contributed by atoms with van der Waals surface area (Å²) in [4.78, 5) is 0. The zero-order valence-corrected chi connectivity index (χ0v) is 11.7. The van der Waals surface area contributed by atoms with E-state index in [9.17, 15) is 0 Å². The molecule has 1 rings (SSSR count). The van der Waals surface area contributed by atoms with Gasteiger partial charge in [-0.15, -0.1) is 0 Å². The summed E-state index contributed by atoms with van der Waals surface area (Å²) >= 11 is 8.80. The number of hydrogen-bond donors (Lipinski definition) is 0. The molecule has 0 aliphatic heterocycles. The minimum absolute atomic E-state index is 1.11. The van der Waals surface area contributed by atoms with Gasteiger partial charge in [0.1, 0.15) is 0 Å². The van der Waals surface area contributed by atoms with Crippen molar-refractivity contribution in [1.29, 1.82) is 0 Å². The third-order valence-corrected chi connectivity index (χ3v) is 0.556. The zero-order valence-electron chi connectivity index (χ0n) is 4.52. The molecular formula is C5H5Br3Zr-. The third-order valence-electron chi connectivity index (χ3n) is 0.556. The van der Waals surface area contributed by atoms with Gasteiger partial charge in [-0.05, 0) is 0 Å². The van der Waals surface area contributed by atoms with E-state index in [-0.39, 0.29) is 0 Å². The van der Waals surface area contributed by atoms with Crippen LogP contribution in [0.15, 0.2) is 30.3 Å². The maximum atomic E-state index is 3.30. The van der Waals surface area contributed by atoms with Crippen molar-refractivity contribution in [1.82, 2.24) is 0 Å². The van der Waals surface area contributed by atoms with Crippen LogP contribution in [0.25, 0.3) is 0 Å². The summed E-state index contributed by atoms with van der Waals surface area (Å²) in [6, 6.07) is 10.0. The first kappa shape index (κ1) is 10.7. The average Bonchev–Trinajstić information content (AvgIpc) is 2.11. The van der Waals surface area contributed by atoms with Gasteiger partial charge in [-0.2, -0.15) is 18.2 Å². The number of halogens is 3. The topological polar surface area (TPSA) is 0 Å². The van der Waals surface area contributed by atoms with Crippen molar-refractivity contribution < 1.29 is 14.7 Å². The minimum Gasteiger partial charge on any atom is -0.214 e. The van der Waals surface area contributed by atoms with Gasteiger partial charge in [0, 0.05) is 0 Å². The molecule has 0 aromatic heterocycles. The van der Waals surface area contributed by atoms with Gasteiger partial charge in [-0.3, -0.25) is 0 Å². The molecule has 4 heteroatoms. The molecule has 0 fully saturated rings. The van der Waals surface area contributed by atoms with Crippen molar-refractivity contribution in [2.45, 2.75) is 0 Å². The molecule has 0 aliphatic carbocycles. The molecule has 0 aliphatic rings. The first-order valence-corrected chi connectivity index (χ1v) is 19.1. The van der Waals surface area contributed by atoms with E-state index in [2.05, 4.69) is 36.7 Å². The minimum atomic E-state index is -1.11.